The number of carbonyl (C=O) groups is 2. The number of amides is 1. The molecular formula is C26H22ClN3O6S. The van der Waals surface area contributed by atoms with Crippen LogP contribution in [0.15, 0.2) is 57.5 Å². The molecule has 1 amide bonds. The van der Waals surface area contributed by atoms with Crippen LogP contribution in [0.25, 0.3) is 5.57 Å². The molecule has 0 saturated heterocycles. The first-order chi connectivity index (χ1) is 17.8. The molecule has 9 nitrogen and oxygen atoms in total. The summed E-state index contributed by atoms with van der Waals surface area (Å²) in [5.74, 6) is -0.0534. The van der Waals surface area contributed by atoms with Crippen LogP contribution >= 0.6 is 22.9 Å². The van der Waals surface area contributed by atoms with Gasteiger partial charge in [0.2, 0.25) is 0 Å². The van der Waals surface area contributed by atoms with Crippen LogP contribution in [-0.4, -0.2) is 37.3 Å². The van der Waals surface area contributed by atoms with Gasteiger partial charge in [-0.15, -0.1) is 0 Å². The number of ether oxygens (including phenoxy) is 3. The molecule has 0 radical (unpaired) electrons. The van der Waals surface area contributed by atoms with Crippen LogP contribution in [0.3, 0.4) is 0 Å². The van der Waals surface area contributed by atoms with Gasteiger partial charge in [0.25, 0.3) is 11.5 Å². The van der Waals surface area contributed by atoms with Crippen molar-refractivity contribution in [2.24, 2.45) is 4.99 Å². The second-order valence-corrected chi connectivity index (χ2v) is 9.66. The summed E-state index contributed by atoms with van der Waals surface area (Å²) < 4.78 is 17.9. The Kier molecular flexibility index (Phi) is 6.38. The maximum absolute atomic E-state index is 14.0. The number of esters is 1. The van der Waals surface area contributed by atoms with E-state index in [1.54, 1.807) is 50.2 Å². The van der Waals surface area contributed by atoms with Crippen LogP contribution in [0.5, 0.6) is 11.5 Å². The third kappa shape index (κ3) is 4.02. The highest BCUT2D eigenvalue weighted by atomic mass is 35.5. The summed E-state index contributed by atoms with van der Waals surface area (Å²) in [5, 5.41) is 3.21. The van der Waals surface area contributed by atoms with Crippen LogP contribution in [0.4, 0.5) is 5.69 Å². The lowest BCUT2D eigenvalue weighted by Gasteiger charge is -2.26. The number of benzene rings is 2. The maximum Gasteiger partial charge on any atom is 0.338 e. The maximum atomic E-state index is 14.0. The van der Waals surface area contributed by atoms with Gasteiger partial charge in [0, 0.05) is 27.9 Å². The number of nitrogens with zero attached hydrogens (tertiary/aromatic N) is 2. The minimum Gasteiger partial charge on any atom is -0.497 e. The molecule has 2 aliphatic rings. The normalized spacial score (nSPS) is 17.5. The SMILES string of the molecule is CCOC(=O)C1=C(C)N=c2s/c(=C3\C(=O)Nc4ccc(Cl)cc43)c(=O)n2[C@@H]1c1ccc(OC)cc1OC. The fourth-order valence-corrected chi connectivity index (χ4v) is 5.86. The van der Waals surface area contributed by atoms with E-state index < -0.39 is 23.5 Å². The molecule has 190 valence electrons. The number of nitrogens with one attached hydrogen (secondary N) is 1. The molecule has 1 atom stereocenters. The third-order valence-electron chi connectivity index (χ3n) is 6.18. The number of rotatable bonds is 5. The Bertz CT molecular complexity index is 1690. The van der Waals surface area contributed by atoms with E-state index in [4.69, 9.17) is 25.8 Å². The lowest BCUT2D eigenvalue weighted by molar-refractivity contribution is -0.139. The zero-order chi connectivity index (χ0) is 26.4. The molecule has 0 aliphatic carbocycles. The van der Waals surface area contributed by atoms with E-state index in [2.05, 4.69) is 10.3 Å². The highest BCUT2D eigenvalue weighted by molar-refractivity contribution is 7.07. The van der Waals surface area contributed by atoms with Crippen LogP contribution in [0.2, 0.25) is 5.02 Å². The molecule has 11 heteroatoms. The average Bonchev–Trinajstić information content (AvgIpc) is 3.37. The number of methoxy groups -OCH3 is 2. The molecule has 0 unspecified atom stereocenters. The standard InChI is InChI=1S/C26H22ClN3O6S/c1-5-36-25(33)19-12(2)28-26-30(21(19)15-8-7-14(34-3)11-18(15)35-4)24(32)22(37-26)20-16-10-13(27)6-9-17(16)29-23(20)31/h6-11,21H,5H2,1-4H3,(H,29,31)/b22-20-/t21-/m1/s1. The van der Waals surface area contributed by atoms with Gasteiger partial charge in [-0.3, -0.25) is 14.2 Å². The van der Waals surface area contributed by atoms with Crippen molar-refractivity contribution < 1.29 is 23.8 Å². The number of allylic oxidation sites excluding steroid dienone is 1. The van der Waals surface area contributed by atoms with E-state index in [-0.39, 0.29) is 22.3 Å². The Hall–Kier alpha value is -3.89. The highest BCUT2D eigenvalue weighted by Crippen LogP contribution is 2.38. The molecule has 37 heavy (non-hydrogen) atoms. The number of hydrogen-bond donors (Lipinski definition) is 1. The lowest BCUT2D eigenvalue weighted by Crippen LogP contribution is -2.40. The Balaban J connectivity index is 1.84. The van der Waals surface area contributed by atoms with E-state index in [1.807, 2.05) is 0 Å². The molecular weight excluding hydrogens is 518 g/mol. The first kappa shape index (κ1) is 24.8. The zero-order valence-corrected chi connectivity index (χ0v) is 22.0. The number of carbonyl (C=O) groups excluding carboxylic acids is 2. The second-order valence-electron chi connectivity index (χ2n) is 8.25. The highest BCUT2D eigenvalue weighted by Gasteiger charge is 2.36. The van der Waals surface area contributed by atoms with Gasteiger partial charge in [-0.2, -0.15) is 0 Å². The molecule has 3 aromatic rings. The largest absolute Gasteiger partial charge is 0.497 e. The van der Waals surface area contributed by atoms with Gasteiger partial charge in [-0.25, -0.2) is 9.79 Å². The Morgan fingerprint density at radius 2 is 1.95 bits per heavy atom. The predicted octanol–water partition coefficient (Wildman–Crippen LogP) is 2.79. The number of fused-ring (bicyclic) bond motifs is 2. The topological polar surface area (TPSA) is 108 Å². The van der Waals surface area contributed by atoms with E-state index >= 15 is 0 Å². The predicted molar refractivity (Wildman–Crippen MR) is 139 cm³/mol. The van der Waals surface area contributed by atoms with Crippen molar-refractivity contribution in [1.82, 2.24) is 4.57 Å². The fraction of sp³-hybridized carbons (Fsp3) is 0.231. The van der Waals surface area contributed by atoms with Crippen LogP contribution in [-0.2, 0) is 14.3 Å². The molecule has 0 bridgehead atoms. The van der Waals surface area contributed by atoms with Gasteiger partial charge >= 0.3 is 5.97 Å². The van der Waals surface area contributed by atoms with Crippen molar-refractivity contribution in [3.05, 3.63) is 83.5 Å². The van der Waals surface area contributed by atoms with Crippen LogP contribution < -0.4 is 29.7 Å². The minimum absolute atomic E-state index is 0.147. The number of halogens is 1. The van der Waals surface area contributed by atoms with Gasteiger partial charge < -0.3 is 19.5 Å². The fourth-order valence-electron chi connectivity index (χ4n) is 4.55. The van der Waals surface area contributed by atoms with E-state index in [0.29, 0.717) is 43.8 Å². The molecule has 0 spiro atoms. The number of hydrogen-bond acceptors (Lipinski definition) is 8. The molecule has 0 fully saturated rings. The molecule has 1 aromatic heterocycles. The van der Waals surface area contributed by atoms with Crippen LogP contribution in [0, 0.1) is 0 Å². The summed E-state index contributed by atoms with van der Waals surface area (Å²) in [5.41, 5.74) is 1.97. The second kappa shape index (κ2) is 9.53. The monoisotopic (exact) mass is 539 g/mol. The van der Waals surface area contributed by atoms with Crippen LogP contribution in [0.1, 0.15) is 31.0 Å². The first-order valence-corrected chi connectivity index (χ1v) is 12.5. The van der Waals surface area contributed by atoms with E-state index in [1.165, 1.54) is 18.8 Å². The molecule has 1 N–H and O–H groups in total. The van der Waals surface area contributed by atoms with Crippen molar-refractivity contribution in [2.45, 2.75) is 19.9 Å². The smallest absolute Gasteiger partial charge is 0.338 e. The van der Waals surface area contributed by atoms with Crippen molar-refractivity contribution in [3.8, 4) is 11.5 Å². The summed E-state index contributed by atoms with van der Waals surface area (Å²) in [7, 11) is 3.03. The summed E-state index contributed by atoms with van der Waals surface area (Å²) in [6.07, 6.45) is 0. The van der Waals surface area contributed by atoms with Gasteiger partial charge in [-0.1, -0.05) is 22.9 Å². The molecule has 0 saturated carbocycles. The summed E-state index contributed by atoms with van der Waals surface area (Å²) in [6, 6.07) is 9.21. The van der Waals surface area contributed by atoms with Crippen molar-refractivity contribution in [3.63, 3.8) is 0 Å². The number of thiazole rings is 1. The molecule has 2 aliphatic heterocycles. The summed E-state index contributed by atoms with van der Waals surface area (Å²) in [4.78, 5) is 45.0. The summed E-state index contributed by atoms with van der Waals surface area (Å²) in [6.45, 7) is 3.54. The van der Waals surface area contributed by atoms with Crippen molar-refractivity contribution in [1.29, 1.82) is 0 Å². The van der Waals surface area contributed by atoms with Crippen molar-refractivity contribution in [2.75, 3.05) is 26.1 Å². The Morgan fingerprint density at radius 3 is 2.65 bits per heavy atom. The van der Waals surface area contributed by atoms with Gasteiger partial charge in [0.1, 0.15) is 22.1 Å². The van der Waals surface area contributed by atoms with E-state index in [0.717, 1.165) is 11.3 Å². The third-order valence-corrected chi connectivity index (χ3v) is 7.47. The average molecular weight is 540 g/mol. The number of aromatic nitrogens is 1. The Labute approximate surface area is 220 Å². The first-order valence-electron chi connectivity index (χ1n) is 11.3. The quantitative estimate of drug-likeness (QED) is 0.500. The lowest BCUT2D eigenvalue weighted by atomic mass is 9.95. The minimum atomic E-state index is -0.909. The van der Waals surface area contributed by atoms with Crippen molar-refractivity contribution >= 4 is 46.1 Å². The molecule has 5 rings (SSSR count). The van der Waals surface area contributed by atoms with Gasteiger partial charge in [0.05, 0.1) is 37.7 Å². The van der Waals surface area contributed by atoms with Gasteiger partial charge in [0.15, 0.2) is 4.80 Å². The zero-order valence-electron chi connectivity index (χ0n) is 20.4. The van der Waals surface area contributed by atoms with E-state index in [9.17, 15) is 14.4 Å². The molecule has 2 aromatic carbocycles. The summed E-state index contributed by atoms with van der Waals surface area (Å²) >= 11 is 7.27. The molecule has 3 heterocycles. The number of anilines is 1. The Morgan fingerprint density at radius 1 is 1.16 bits per heavy atom. The van der Waals surface area contributed by atoms with Gasteiger partial charge in [-0.05, 0) is 44.2 Å².